The van der Waals surface area contributed by atoms with Crippen molar-refractivity contribution in [2.75, 3.05) is 25.6 Å². The predicted octanol–water partition coefficient (Wildman–Crippen LogP) is 1.09. The van der Waals surface area contributed by atoms with E-state index in [0.717, 1.165) is 23.0 Å². The summed E-state index contributed by atoms with van der Waals surface area (Å²) in [6.45, 7) is 3.75. The number of nitrogens with two attached hydrogens (primary N) is 1. The van der Waals surface area contributed by atoms with Gasteiger partial charge < -0.3 is 10.7 Å². The third-order valence-electron chi connectivity index (χ3n) is 3.43. The average molecular weight is 287 g/mol. The van der Waals surface area contributed by atoms with E-state index in [1.807, 2.05) is 36.1 Å². The number of aromatic nitrogens is 1. The fraction of sp³-hybridized carbons (Fsp3) is 0.333. The number of carbonyl (C=O) groups excluding carboxylic acids is 1. The van der Waals surface area contributed by atoms with E-state index in [2.05, 4.69) is 21.8 Å². The molecule has 1 heterocycles. The lowest BCUT2D eigenvalue weighted by Gasteiger charge is -2.21. The first-order valence-electron chi connectivity index (χ1n) is 6.96. The summed E-state index contributed by atoms with van der Waals surface area (Å²) in [5, 5.41) is 3.70. The number of hydrazine groups is 1. The molecule has 0 atom stereocenters. The lowest BCUT2D eigenvalue weighted by molar-refractivity contribution is -0.121. The molecule has 0 unspecified atom stereocenters. The number of para-hydroxylation sites is 1. The first-order valence-corrected chi connectivity index (χ1v) is 6.96. The molecule has 0 aliphatic rings. The molecule has 1 aromatic heterocycles. The van der Waals surface area contributed by atoms with Crippen molar-refractivity contribution < 1.29 is 4.79 Å². The summed E-state index contributed by atoms with van der Waals surface area (Å²) in [5.74, 6) is 6.21. The number of nitrogen functional groups attached to an aromatic ring is 1. The molecule has 2 rings (SSSR count). The van der Waals surface area contributed by atoms with Crippen molar-refractivity contribution in [3.63, 3.8) is 0 Å². The van der Waals surface area contributed by atoms with E-state index < -0.39 is 0 Å². The molecule has 6 heteroatoms. The number of likely N-dealkylation sites (N-methyl/N-ethyl adjacent to an activating group) is 2. The van der Waals surface area contributed by atoms with Gasteiger partial charge in [-0.1, -0.05) is 25.1 Å². The van der Waals surface area contributed by atoms with Gasteiger partial charge in [0.25, 0.3) is 0 Å². The molecule has 0 spiro atoms. The number of hydrogen-bond acceptors (Lipinski definition) is 5. The number of anilines is 1. The minimum absolute atomic E-state index is 0.00661. The summed E-state index contributed by atoms with van der Waals surface area (Å²) in [6.07, 6.45) is 0. The molecule has 1 aromatic carbocycles. The average Bonchev–Trinajstić information content (AvgIpc) is 2.53. The Morgan fingerprint density at radius 3 is 2.81 bits per heavy atom. The van der Waals surface area contributed by atoms with E-state index >= 15 is 0 Å². The fourth-order valence-electron chi connectivity index (χ4n) is 2.21. The molecule has 0 saturated heterocycles. The van der Waals surface area contributed by atoms with E-state index in [0.29, 0.717) is 18.9 Å². The standard InChI is InChI=1S/C15H21N5O/c1-3-20(10-14(21)17-2)9-12-8-11-6-4-5-7-13(11)18-15(12)19-16/h4-8H,3,9-10,16H2,1-2H3,(H,17,21)(H,18,19). The van der Waals surface area contributed by atoms with Crippen LogP contribution < -0.4 is 16.6 Å². The summed E-state index contributed by atoms with van der Waals surface area (Å²) in [4.78, 5) is 18.1. The molecule has 0 aliphatic carbocycles. The maximum absolute atomic E-state index is 11.5. The van der Waals surface area contributed by atoms with Crippen LogP contribution in [0.1, 0.15) is 12.5 Å². The van der Waals surface area contributed by atoms with E-state index in [9.17, 15) is 4.79 Å². The number of rotatable bonds is 6. The van der Waals surface area contributed by atoms with Gasteiger partial charge in [0.05, 0.1) is 12.1 Å². The molecule has 0 fully saturated rings. The molecule has 0 bridgehead atoms. The van der Waals surface area contributed by atoms with Gasteiger partial charge in [-0.15, -0.1) is 0 Å². The van der Waals surface area contributed by atoms with Crippen LogP contribution in [0.25, 0.3) is 10.9 Å². The van der Waals surface area contributed by atoms with Gasteiger partial charge in [-0.2, -0.15) is 0 Å². The zero-order valence-corrected chi connectivity index (χ0v) is 12.4. The summed E-state index contributed by atoms with van der Waals surface area (Å²) in [6, 6.07) is 9.94. The lowest BCUT2D eigenvalue weighted by Crippen LogP contribution is -2.35. The van der Waals surface area contributed by atoms with Crippen molar-refractivity contribution >= 4 is 22.6 Å². The zero-order chi connectivity index (χ0) is 15.2. The Balaban J connectivity index is 2.28. The minimum Gasteiger partial charge on any atom is -0.358 e. The third-order valence-corrected chi connectivity index (χ3v) is 3.43. The topological polar surface area (TPSA) is 83.3 Å². The molecule has 21 heavy (non-hydrogen) atoms. The van der Waals surface area contributed by atoms with Crippen LogP contribution in [0.15, 0.2) is 30.3 Å². The Morgan fingerprint density at radius 1 is 1.38 bits per heavy atom. The SMILES string of the molecule is CCN(CC(=O)NC)Cc1cc2ccccc2nc1NN. The first-order chi connectivity index (χ1) is 10.2. The summed E-state index contributed by atoms with van der Waals surface area (Å²) >= 11 is 0. The van der Waals surface area contributed by atoms with E-state index in [4.69, 9.17) is 5.84 Å². The highest BCUT2D eigenvalue weighted by Crippen LogP contribution is 2.21. The van der Waals surface area contributed by atoms with Crippen molar-refractivity contribution in [3.05, 3.63) is 35.9 Å². The number of nitrogens with zero attached hydrogens (tertiary/aromatic N) is 2. The second kappa shape index (κ2) is 7.01. The molecule has 112 valence electrons. The predicted molar refractivity (Wildman–Crippen MR) is 84.6 cm³/mol. The number of nitrogens with one attached hydrogen (secondary N) is 2. The molecule has 0 aliphatic heterocycles. The molecule has 2 aromatic rings. The molecule has 4 N–H and O–H groups in total. The zero-order valence-electron chi connectivity index (χ0n) is 12.4. The third kappa shape index (κ3) is 3.68. The van der Waals surface area contributed by atoms with Crippen LogP contribution >= 0.6 is 0 Å². The Morgan fingerprint density at radius 2 is 2.14 bits per heavy atom. The van der Waals surface area contributed by atoms with Gasteiger partial charge >= 0.3 is 0 Å². The second-order valence-electron chi connectivity index (χ2n) is 4.81. The molecule has 6 nitrogen and oxygen atoms in total. The van der Waals surface area contributed by atoms with Crippen molar-refractivity contribution in [3.8, 4) is 0 Å². The van der Waals surface area contributed by atoms with Gasteiger partial charge in [0.1, 0.15) is 5.82 Å². The highest BCUT2D eigenvalue weighted by atomic mass is 16.1. The number of pyridine rings is 1. The maximum atomic E-state index is 11.5. The Hall–Kier alpha value is -2.18. The molecular formula is C15H21N5O. The monoisotopic (exact) mass is 287 g/mol. The van der Waals surface area contributed by atoms with Gasteiger partial charge in [-0.05, 0) is 18.7 Å². The minimum atomic E-state index is -0.00661. The molecule has 1 amide bonds. The van der Waals surface area contributed by atoms with Gasteiger partial charge in [0.15, 0.2) is 0 Å². The smallest absolute Gasteiger partial charge is 0.233 e. The van der Waals surface area contributed by atoms with E-state index in [1.54, 1.807) is 7.05 Å². The Labute approximate surface area is 124 Å². The first kappa shape index (κ1) is 15.2. The second-order valence-corrected chi connectivity index (χ2v) is 4.81. The highest BCUT2D eigenvalue weighted by Gasteiger charge is 2.12. The van der Waals surface area contributed by atoms with Crippen LogP contribution in [-0.4, -0.2) is 35.9 Å². The summed E-state index contributed by atoms with van der Waals surface area (Å²) in [5.41, 5.74) is 4.51. The number of carbonyl (C=O) groups is 1. The number of fused-ring (bicyclic) bond motifs is 1. The van der Waals surface area contributed by atoms with Crippen molar-refractivity contribution in [2.24, 2.45) is 5.84 Å². The normalized spacial score (nSPS) is 10.9. The Kier molecular flexibility index (Phi) is 5.08. The molecular weight excluding hydrogens is 266 g/mol. The largest absolute Gasteiger partial charge is 0.358 e. The number of hydrogen-bond donors (Lipinski definition) is 3. The summed E-state index contributed by atoms with van der Waals surface area (Å²) in [7, 11) is 1.64. The molecule has 0 saturated carbocycles. The molecule has 0 radical (unpaired) electrons. The lowest BCUT2D eigenvalue weighted by atomic mass is 10.1. The van der Waals surface area contributed by atoms with Crippen LogP contribution in [0.5, 0.6) is 0 Å². The maximum Gasteiger partial charge on any atom is 0.233 e. The van der Waals surface area contributed by atoms with Crippen LogP contribution in [0, 0.1) is 0 Å². The van der Waals surface area contributed by atoms with Crippen molar-refractivity contribution in [2.45, 2.75) is 13.5 Å². The van der Waals surface area contributed by atoms with Crippen LogP contribution in [-0.2, 0) is 11.3 Å². The fourth-order valence-corrected chi connectivity index (χ4v) is 2.21. The van der Waals surface area contributed by atoms with E-state index in [1.165, 1.54) is 0 Å². The van der Waals surface area contributed by atoms with Gasteiger partial charge in [-0.3, -0.25) is 9.69 Å². The quantitative estimate of drug-likeness (QED) is 0.547. The van der Waals surface area contributed by atoms with Crippen LogP contribution in [0.3, 0.4) is 0 Å². The highest BCUT2D eigenvalue weighted by molar-refractivity contribution is 5.81. The van der Waals surface area contributed by atoms with Gasteiger partial charge in [0, 0.05) is 24.5 Å². The van der Waals surface area contributed by atoms with E-state index in [-0.39, 0.29) is 5.91 Å². The number of amides is 1. The van der Waals surface area contributed by atoms with Crippen LogP contribution in [0.4, 0.5) is 5.82 Å². The Bertz CT molecular complexity index is 628. The van der Waals surface area contributed by atoms with Gasteiger partial charge in [-0.25, -0.2) is 10.8 Å². The van der Waals surface area contributed by atoms with Gasteiger partial charge in [0.2, 0.25) is 5.91 Å². The van der Waals surface area contributed by atoms with Crippen LogP contribution in [0.2, 0.25) is 0 Å². The summed E-state index contributed by atoms with van der Waals surface area (Å²) < 4.78 is 0. The number of benzene rings is 1. The van der Waals surface area contributed by atoms with Crippen molar-refractivity contribution in [1.82, 2.24) is 15.2 Å². The van der Waals surface area contributed by atoms with Crippen molar-refractivity contribution in [1.29, 1.82) is 0 Å².